The third-order valence-electron chi connectivity index (χ3n) is 4.25. The van der Waals surface area contributed by atoms with Crippen LogP contribution in [0.5, 0.6) is 17.2 Å². The normalized spacial score (nSPS) is 17.4. The van der Waals surface area contributed by atoms with Crippen LogP contribution in [0.1, 0.15) is 27.0 Å². The van der Waals surface area contributed by atoms with E-state index in [2.05, 4.69) is 0 Å². The number of ketones is 1. The van der Waals surface area contributed by atoms with Gasteiger partial charge in [0.1, 0.15) is 25.6 Å². The van der Waals surface area contributed by atoms with Crippen LogP contribution in [0.25, 0.3) is 6.08 Å². The Morgan fingerprint density at radius 3 is 2.54 bits per heavy atom. The van der Waals surface area contributed by atoms with E-state index in [0.29, 0.717) is 35.8 Å². The van der Waals surface area contributed by atoms with E-state index in [9.17, 15) is 4.79 Å². The summed E-state index contributed by atoms with van der Waals surface area (Å²) in [5.74, 6) is 2.17. The molecule has 122 valence electrons. The smallest absolute Gasteiger partial charge is 0.196 e. The molecule has 4 rings (SSSR count). The predicted octanol–water partition coefficient (Wildman–Crippen LogP) is 3.73. The second-order valence-electron chi connectivity index (χ2n) is 6.15. The number of carbonyl (C=O) groups is 1. The fourth-order valence-corrected chi connectivity index (χ4v) is 3.17. The van der Waals surface area contributed by atoms with E-state index in [1.54, 1.807) is 0 Å². The van der Waals surface area contributed by atoms with E-state index >= 15 is 0 Å². The molecule has 0 N–H and O–H groups in total. The first kappa shape index (κ1) is 14.8. The number of hydrogen-bond donors (Lipinski definition) is 0. The lowest BCUT2D eigenvalue weighted by atomic mass is 9.93. The fourth-order valence-electron chi connectivity index (χ4n) is 3.17. The highest BCUT2D eigenvalue weighted by atomic mass is 16.6. The van der Waals surface area contributed by atoms with Gasteiger partial charge in [-0.2, -0.15) is 0 Å². The van der Waals surface area contributed by atoms with Crippen molar-refractivity contribution in [1.29, 1.82) is 0 Å². The molecule has 4 nitrogen and oxygen atoms in total. The molecule has 2 aliphatic rings. The number of fused-ring (bicyclic) bond motifs is 2. The van der Waals surface area contributed by atoms with Gasteiger partial charge in [0.2, 0.25) is 0 Å². The van der Waals surface area contributed by atoms with Crippen molar-refractivity contribution in [1.82, 2.24) is 0 Å². The monoisotopic (exact) mass is 322 g/mol. The second-order valence-corrected chi connectivity index (χ2v) is 6.15. The Kier molecular flexibility index (Phi) is 3.53. The molecule has 2 aromatic rings. The highest BCUT2D eigenvalue weighted by molar-refractivity contribution is 6.14. The largest absolute Gasteiger partial charge is 0.488 e. The van der Waals surface area contributed by atoms with Crippen LogP contribution in [0.2, 0.25) is 0 Å². The van der Waals surface area contributed by atoms with Gasteiger partial charge in [-0.15, -0.1) is 0 Å². The number of Topliss-reactive ketones (excluding diaryl/α,β-unsaturated/α-hetero) is 1. The summed E-state index contributed by atoms with van der Waals surface area (Å²) in [6, 6.07) is 9.61. The molecule has 0 unspecified atom stereocenters. The average Bonchev–Trinajstić information content (AvgIpc) is 2.57. The van der Waals surface area contributed by atoms with Crippen molar-refractivity contribution in [3.63, 3.8) is 0 Å². The average molecular weight is 322 g/mol. The fraction of sp³-hybridized carbons (Fsp3) is 0.250. The van der Waals surface area contributed by atoms with Gasteiger partial charge in [-0.3, -0.25) is 4.79 Å². The maximum atomic E-state index is 12.8. The van der Waals surface area contributed by atoms with E-state index in [4.69, 9.17) is 14.2 Å². The summed E-state index contributed by atoms with van der Waals surface area (Å²) < 4.78 is 16.9. The topological polar surface area (TPSA) is 44.8 Å². The first-order chi connectivity index (χ1) is 11.6. The first-order valence-corrected chi connectivity index (χ1v) is 8.01. The molecule has 2 heterocycles. The van der Waals surface area contributed by atoms with Gasteiger partial charge in [0.25, 0.3) is 0 Å². The van der Waals surface area contributed by atoms with Crippen molar-refractivity contribution in [2.24, 2.45) is 0 Å². The molecular formula is C20H18O4. The molecule has 0 saturated heterocycles. The van der Waals surface area contributed by atoms with Crippen LogP contribution in [-0.2, 0) is 0 Å². The van der Waals surface area contributed by atoms with Gasteiger partial charge in [0.15, 0.2) is 17.3 Å². The van der Waals surface area contributed by atoms with E-state index in [-0.39, 0.29) is 12.4 Å². The van der Waals surface area contributed by atoms with Crippen LogP contribution in [0.3, 0.4) is 0 Å². The van der Waals surface area contributed by atoms with Crippen LogP contribution < -0.4 is 14.2 Å². The van der Waals surface area contributed by atoms with Crippen molar-refractivity contribution in [2.75, 3.05) is 19.8 Å². The summed E-state index contributed by atoms with van der Waals surface area (Å²) in [7, 11) is 0. The van der Waals surface area contributed by atoms with Crippen molar-refractivity contribution in [3.8, 4) is 17.2 Å². The Morgan fingerprint density at radius 1 is 0.917 bits per heavy atom. The lowest BCUT2D eigenvalue weighted by molar-refractivity contribution is 0.1000. The molecular weight excluding hydrogens is 304 g/mol. The van der Waals surface area contributed by atoms with Gasteiger partial charge < -0.3 is 14.2 Å². The van der Waals surface area contributed by atoms with Gasteiger partial charge >= 0.3 is 0 Å². The molecule has 0 bridgehead atoms. The third-order valence-corrected chi connectivity index (χ3v) is 4.25. The van der Waals surface area contributed by atoms with Gasteiger partial charge in [0.05, 0.1) is 5.56 Å². The maximum absolute atomic E-state index is 12.8. The van der Waals surface area contributed by atoms with E-state index < -0.39 is 0 Å². The predicted molar refractivity (Wildman–Crippen MR) is 91.2 cm³/mol. The summed E-state index contributed by atoms with van der Waals surface area (Å²) in [6.45, 7) is 5.33. The van der Waals surface area contributed by atoms with Crippen molar-refractivity contribution >= 4 is 11.9 Å². The number of hydrogen-bond acceptors (Lipinski definition) is 4. The van der Waals surface area contributed by atoms with Crippen molar-refractivity contribution in [3.05, 3.63) is 58.2 Å². The highest BCUT2D eigenvalue weighted by Gasteiger charge is 2.25. The number of carbonyl (C=O) groups excluding carboxylic acids is 1. The SMILES string of the molecule is Cc1cc(C)c2c(c1)OC/C(=C\c1ccc3c(c1)OCCO3)C2=O. The van der Waals surface area contributed by atoms with E-state index in [0.717, 1.165) is 22.4 Å². The third kappa shape index (κ3) is 2.54. The first-order valence-electron chi connectivity index (χ1n) is 8.01. The lowest BCUT2D eigenvalue weighted by Gasteiger charge is -2.22. The molecule has 0 saturated carbocycles. The van der Waals surface area contributed by atoms with Crippen LogP contribution >= 0.6 is 0 Å². The minimum atomic E-state index is 0.0311. The summed E-state index contributed by atoms with van der Waals surface area (Å²) in [5.41, 5.74) is 4.25. The van der Waals surface area contributed by atoms with Crippen molar-refractivity contribution in [2.45, 2.75) is 13.8 Å². The molecule has 0 spiro atoms. The lowest BCUT2D eigenvalue weighted by Crippen LogP contribution is -2.20. The molecule has 24 heavy (non-hydrogen) atoms. The van der Waals surface area contributed by atoms with Crippen molar-refractivity contribution < 1.29 is 19.0 Å². The molecule has 2 aliphatic heterocycles. The molecule has 2 aromatic carbocycles. The Balaban J connectivity index is 1.70. The number of ether oxygens (including phenoxy) is 3. The molecule has 0 aliphatic carbocycles. The standard InChI is InChI=1S/C20H18O4/c1-12-7-13(2)19-18(8-12)24-11-15(20(19)21)9-14-3-4-16-17(10-14)23-6-5-22-16/h3-4,7-10H,5-6,11H2,1-2H3/b15-9+. The highest BCUT2D eigenvalue weighted by Crippen LogP contribution is 2.34. The van der Waals surface area contributed by atoms with Crippen LogP contribution in [-0.4, -0.2) is 25.6 Å². The minimum absolute atomic E-state index is 0.0311. The van der Waals surface area contributed by atoms with E-state index in [1.807, 2.05) is 50.3 Å². The number of rotatable bonds is 1. The Labute approximate surface area is 140 Å². The summed E-state index contributed by atoms with van der Waals surface area (Å²) in [6.07, 6.45) is 1.86. The minimum Gasteiger partial charge on any atom is -0.488 e. The summed E-state index contributed by atoms with van der Waals surface area (Å²) >= 11 is 0. The zero-order valence-electron chi connectivity index (χ0n) is 13.7. The summed E-state index contributed by atoms with van der Waals surface area (Å²) in [4.78, 5) is 12.8. The zero-order valence-corrected chi connectivity index (χ0v) is 13.7. The Bertz CT molecular complexity index is 864. The van der Waals surface area contributed by atoms with Crippen LogP contribution in [0.15, 0.2) is 35.9 Å². The van der Waals surface area contributed by atoms with Crippen LogP contribution in [0.4, 0.5) is 0 Å². The van der Waals surface area contributed by atoms with Gasteiger partial charge in [-0.05, 0) is 54.8 Å². The van der Waals surface area contributed by atoms with Gasteiger partial charge in [-0.1, -0.05) is 12.1 Å². The zero-order chi connectivity index (χ0) is 16.7. The number of benzene rings is 2. The van der Waals surface area contributed by atoms with Gasteiger partial charge in [-0.25, -0.2) is 0 Å². The quantitative estimate of drug-likeness (QED) is 0.750. The molecule has 0 aromatic heterocycles. The molecule has 0 radical (unpaired) electrons. The van der Waals surface area contributed by atoms with Gasteiger partial charge in [0, 0.05) is 5.57 Å². The molecule has 0 fully saturated rings. The molecule has 0 amide bonds. The molecule has 4 heteroatoms. The summed E-state index contributed by atoms with van der Waals surface area (Å²) in [5, 5.41) is 0. The maximum Gasteiger partial charge on any atom is 0.196 e. The number of aryl methyl sites for hydroxylation is 2. The molecule has 0 atom stereocenters. The van der Waals surface area contributed by atoms with E-state index in [1.165, 1.54) is 0 Å². The Hall–Kier alpha value is -2.75. The second kappa shape index (κ2) is 5.71. The Morgan fingerprint density at radius 2 is 1.71 bits per heavy atom. The van der Waals surface area contributed by atoms with Crippen LogP contribution in [0, 0.1) is 13.8 Å².